The van der Waals surface area contributed by atoms with E-state index in [9.17, 15) is 0 Å². The van der Waals surface area contributed by atoms with Crippen molar-refractivity contribution in [1.29, 1.82) is 0 Å². The molecule has 4 aliphatic rings. The monoisotopic (exact) mass is 931 g/mol. The fourth-order valence-electron chi connectivity index (χ4n) is 13.6. The third-order valence-electron chi connectivity index (χ3n) is 16.7. The van der Waals surface area contributed by atoms with E-state index in [0.29, 0.717) is 0 Å². The van der Waals surface area contributed by atoms with E-state index in [0.717, 1.165) is 72.8 Å². The highest BCUT2D eigenvalue weighted by Gasteiger charge is 2.51. The smallest absolute Gasteiger partial charge is 0.159 e. The molecule has 1 aromatic heterocycles. The molecule has 3 heteroatoms. The maximum absolute atomic E-state index is 7.32. The zero-order valence-electron chi connectivity index (χ0n) is 40.3. The molecule has 73 heavy (non-hydrogen) atoms. The second-order valence-corrected chi connectivity index (χ2v) is 20.6. The number of para-hydroxylation sites is 3. The number of hydrogen-bond donors (Lipinski definition) is 0. The number of rotatable bonds is 3. The van der Waals surface area contributed by atoms with E-state index in [-0.39, 0.29) is 5.41 Å². The van der Waals surface area contributed by atoms with Gasteiger partial charge in [0.05, 0.1) is 11.1 Å². The normalized spacial score (nSPS) is 15.5. The van der Waals surface area contributed by atoms with Crippen LogP contribution in [0.15, 0.2) is 241 Å². The Kier molecular flexibility index (Phi) is 8.16. The molecule has 3 aliphatic carbocycles. The Morgan fingerprint density at radius 2 is 0.863 bits per heavy atom. The number of furan rings is 1. The van der Waals surface area contributed by atoms with Crippen molar-refractivity contribution in [3.63, 3.8) is 0 Å². The molecule has 342 valence electrons. The van der Waals surface area contributed by atoms with E-state index < -0.39 is 5.41 Å². The summed E-state index contributed by atoms with van der Waals surface area (Å²) in [6.45, 7) is 4.73. The first kappa shape index (κ1) is 40.5. The van der Waals surface area contributed by atoms with E-state index in [4.69, 9.17) is 9.15 Å². The van der Waals surface area contributed by atoms with E-state index in [1.807, 2.05) is 0 Å². The fourth-order valence-corrected chi connectivity index (χ4v) is 13.6. The second kappa shape index (κ2) is 14.7. The third-order valence-corrected chi connectivity index (χ3v) is 16.7. The SMILES string of the molecule is CC1(C)c2ccccc2-c2ccc(N(c3ccc4c(c3)-c3ccccc3-c3ccccc3C43c4ccccc4-c4c3ccc3oc5ccccc5c43)c3cccc4c3Oc3ccccc3-c3ccccc3-4)cc21. The molecule has 0 N–H and O–H groups in total. The molecule has 0 amide bonds. The van der Waals surface area contributed by atoms with Gasteiger partial charge in [-0.15, -0.1) is 0 Å². The predicted molar refractivity (Wildman–Crippen MR) is 299 cm³/mol. The molecule has 2 heterocycles. The highest BCUT2D eigenvalue weighted by Crippen LogP contribution is 2.64. The lowest BCUT2D eigenvalue weighted by Crippen LogP contribution is -2.29. The lowest BCUT2D eigenvalue weighted by Gasteiger charge is -2.36. The molecule has 1 aliphatic heterocycles. The van der Waals surface area contributed by atoms with Gasteiger partial charge in [0.2, 0.25) is 0 Å². The molecule has 1 unspecified atom stereocenters. The van der Waals surface area contributed by atoms with Crippen LogP contribution in [0.1, 0.15) is 47.2 Å². The maximum Gasteiger partial charge on any atom is 0.159 e. The van der Waals surface area contributed by atoms with Gasteiger partial charge < -0.3 is 14.1 Å². The maximum atomic E-state index is 7.32. The molecule has 16 rings (SSSR count). The number of hydrogen-bond acceptors (Lipinski definition) is 3. The van der Waals surface area contributed by atoms with Gasteiger partial charge in [0.15, 0.2) is 5.75 Å². The average Bonchev–Trinajstić information content (AvgIpc) is 3.98. The van der Waals surface area contributed by atoms with Crippen molar-refractivity contribution in [1.82, 2.24) is 0 Å². The molecule has 12 aromatic rings. The average molecular weight is 932 g/mol. The van der Waals surface area contributed by atoms with E-state index in [1.165, 1.54) is 77.9 Å². The molecule has 1 atom stereocenters. The first-order valence-electron chi connectivity index (χ1n) is 25.4. The number of nitrogens with zero attached hydrogens (tertiary/aromatic N) is 1. The number of ether oxygens (including phenoxy) is 1. The lowest BCUT2D eigenvalue weighted by molar-refractivity contribution is 0.489. The molecule has 0 radical (unpaired) electrons. The van der Waals surface area contributed by atoms with E-state index >= 15 is 0 Å². The van der Waals surface area contributed by atoms with Crippen LogP contribution in [0.2, 0.25) is 0 Å². The predicted octanol–water partition coefficient (Wildman–Crippen LogP) is 18.8. The summed E-state index contributed by atoms with van der Waals surface area (Å²) < 4.78 is 14.0. The molecular weight excluding hydrogens is 887 g/mol. The van der Waals surface area contributed by atoms with Crippen LogP contribution in [0.25, 0.3) is 88.7 Å². The molecule has 0 saturated heterocycles. The van der Waals surface area contributed by atoms with Crippen molar-refractivity contribution >= 4 is 39.0 Å². The van der Waals surface area contributed by atoms with Crippen molar-refractivity contribution in [3.05, 3.63) is 270 Å². The highest BCUT2D eigenvalue weighted by atomic mass is 16.5. The third kappa shape index (κ3) is 5.33. The van der Waals surface area contributed by atoms with Crippen molar-refractivity contribution in [2.75, 3.05) is 4.90 Å². The highest BCUT2D eigenvalue weighted by molar-refractivity contribution is 6.16. The van der Waals surface area contributed by atoms with Crippen LogP contribution in [0, 0.1) is 0 Å². The second-order valence-electron chi connectivity index (χ2n) is 20.6. The van der Waals surface area contributed by atoms with Crippen LogP contribution >= 0.6 is 0 Å². The van der Waals surface area contributed by atoms with Crippen LogP contribution in [0.5, 0.6) is 11.5 Å². The van der Waals surface area contributed by atoms with Crippen molar-refractivity contribution < 1.29 is 9.15 Å². The summed E-state index contributed by atoms with van der Waals surface area (Å²) in [5.74, 6) is 1.65. The summed E-state index contributed by atoms with van der Waals surface area (Å²) in [5, 5.41) is 2.29. The Labute approximate surface area is 423 Å². The van der Waals surface area contributed by atoms with Gasteiger partial charge in [-0.1, -0.05) is 202 Å². The van der Waals surface area contributed by atoms with Gasteiger partial charge in [-0.05, 0) is 138 Å². The van der Waals surface area contributed by atoms with Crippen LogP contribution in [0.3, 0.4) is 0 Å². The van der Waals surface area contributed by atoms with Gasteiger partial charge in [0.25, 0.3) is 0 Å². The minimum atomic E-state index is -0.684. The minimum Gasteiger partial charge on any atom is -0.456 e. The van der Waals surface area contributed by atoms with Gasteiger partial charge in [0.1, 0.15) is 16.9 Å². The van der Waals surface area contributed by atoms with Crippen molar-refractivity contribution in [2.45, 2.75) is 24.7 Å². The minimum absolute atomic E-state index is 0.213. The topological polar surface area (TPSA) is 25.6 Å². The zero-order chi connectivity index (χ0) is 48.2. The van der Waals surface area contributed by atoms with Crippen LogP contribution in [-0.2, 0) is 10.8 Å². The van der Waals surface area contributed by atoms with Gasteiger partial charge in [-0.3, -0.25) is 0 Å². The standard InChI is InChI=1S/C70H45NO2/c1-69(2)56-28-12-7-23-49(56)50-36-34-43(41-61(50)69)71(62-31-17-27-52-46-20-5-4-19-45(46)51-24-10-15-32-63(51)73-68(52)62)42-35-37-59-55(40-42)47-21-6-3-18-44(47)48-22-8-13-29-57(48)70(59)58-30-14-9-25-53(58)66-60(70)38-39-65-67(66)54-26-11-16-33-64(54)72-65/h3-41H,1-2H3. The summed E-state index contributed by atoms with van der Waals surface area (Å²) in [6.07, 6.45) is 0. The van der Waals surface area contributed by atoms with Crippen LogP contribution < -0.4 is 9.64 Å². The lowest BCUT2D eigenvalue weighted by atomic mass is 9.66. The molecule has 3 nitrogen and oxygen atoms in total. The van der Waals surface area contributed by atoms with Crippen LogP contribution in [-0.4, -0.2) is 0 Å². The number of benzene rings is 11. The van der Waals surface area contributed by atoms with Crippen molar-refractivity contribution in [3.8, 4) is 78.3 Å². The van der Waals surface area contributed by atoms with Crippen molar-refractivity contribution in [2.24, 2.45) is 0 Å². The molecular formula is C70H45NO2. The fraction of sp³-hybridized carbons (Fsp3) is 0.0571. The quantitative estimate of drug-likeness (QED) is 0.177. The first-order valence-corrected chi connectivity index (χ1v) is 25.4. The molecule has 0 bridgehead atoms. The summed E-state index contributed by atoms with van der Waals surface area (Å²) in [6, 6.07) is 87.4. The zero-order valence-corrected chi connectivity index (χ0v) is 40.3. The Balaban J connectivity index is 1.01. The Hall–Kier alpha value is -9.18. The Morgan fingerprint density at radius 1 is 0.342 bits per heavy atom. The van der Waals surface area contributed by atoms with E-state index in [2.05, 4.69) is 255 Å². The number of anilines is 3. The largest absolute Gasteiger partial charge is 0.456 e. The number of fused-ring (bicyclic) bond motifs is 24. The summed E-state index contributed by atoms with van der Waals surface area (Å²) in [7, 11) is 0. The van der Waals surface area contributed by atoms with Gasteiger partial charge in [-0.25, -0.2) is 0 Å². The summed E-state index contributed by atoms with van der Waals surface area (Å²) in [4.78, 5) is 2.46. The van der Waals surface area contributed by atoms with E-state index in [1.54, 1.807) is 0 Å². The van der Waals surface area contributed by atoms with Gasteiger partial charge in [0, 0.05) is 38.7 Å². The molecule has 11 aromatic carbocycles. The van der Waals surface area contributed by atoms with Gasteiger partial charge in [-0.2, -0.15) is 0 Å². The molecule has 0 fully saturated rings. The first-order chi connectivity index (χ1) is 36.0. The Bertz CT molecular complexity index is 4360. The molecule has 0 saturated carbocycles. The van der Waals surface area contributed by atoms with Gasteiger partial charge >= 0.3 is 0 Å². The molecule has 1 spiro atoms. The summed E-state index contributed by atoms with van der Waals surface area (Å²) >= 11 is 0. The Morgan fingerprint density at radius 3 is 1.64 bits per heavy atom. The summed E-state index contributed by atoms with van der Waals surface area (Å²) in [5.41, 5.74) is 26.0. The van der Waals surface area contributed by atoms with Crippen LogP contribution in [0.4, 0.5) is 17.1 Å².